The van der Waals surface area contributed by atoms with Crippen LogP contribution in [0.15, 0.2) is 170 Å². The van der Waals surface area contributed by atoms with Gasteiger partial charge in [0.05, 0.1) is 28.7 Å². The Balaban J connectivity index is 1.03. The van der Waals surface area contributed by atoms with Crippen molar-refractivity contribution in [2.45, 2.75) is 193 Å². The van der Waals surface area contributed by atoms with E-state index >= 15 is 0 Å². The van der Waals surface area contributed by atoms with Crippen molar-refractivity contribution in [1.82, 2.24) is 0 Å². The Hall–Kier alpha value is -7.46. The molecule has 0 radical (unpaired) electrons. The van der Waals surface area contributed by atoms with E-state index in [1.807, 2.05) is 12.1 Å². The zero-order valence-corrected chi connectivity index (χ0v) is 50.6. The van der Waals surface area contributed by atoms with Crippen LogP contribution in [0.25, 0.3) is 22.3 Å². The molecule has 424 valence electrons. The molecule has 8 aromatic carbocycles. The van der Waals surface area contributed by atoms with E-state index in [0.717, 1.165) is 67.2 Å². The Morgan fingerprint density at radius 1 is 0.349 bits per heavy atom. The van der Waals surface area contributed by atoms with Crippen molar-refractivity contribution in [1.29, 1.82) is 10.5 Å². The number of benzene rings is 8. The maximum atomic E-state index is 10.6. The fourth-order valence-corrected chi connectivity index (χ4v) is 13.7. The van der Waals surface area contributed by atoms with Crippen molar-refractivity contribution >= 4 is 11.4 Å². The first kappa shape index (κ1) is 58.7. The number of nitriles is 2. The highest BCUT2D eigenvalue weighted by Crippen LogP contribution is 2.63. The summed E-state index contributed by atoms with van der Waals surface area (Å²) >= 11 is 0. The van der Waals surface area contributed by atoms with Crippen LogP contribution >= 0.6 is 0 Å². The maximum absolute atomic E-state index is 10.6. The number of hydrogen-bond acceptors (Lipinski definition) is 3. The van der Waals surface area contributed by atoms with E-state index in [4.69, 9.17) is 0 Å². The molecule has 83 heavy (non-hydrogen) atoms. The Kier molecular flexibility index (Phi) is 20.3. The molecule has 0 N–H and O–H groups in total. The number of rotatable bonds is 30. The largest absolute Gasteiger partial charge is 0.337 e. The number of aryl methyl sites for hydroxylation is 5. The third-order valence-corrected chi connectivity index (χ3v) is 18.5. The van der Waals surface area contributed by atoms with Gasteiger partial charge >= 0.3 is 0 Å². The molecule has 3 nitrogen and oxygen atoms in total. The van der Waals surface area contributed by atoms with Gasteiger partial charge in [-0.3, -0.25) is 0 Å². The van der Waals surface area contributed by atoms with E-state index in [1.165, 1.54) is 181 Å². The summed E-state index contributed by atoms with van der Waals surface area (Å²) in [6.07, 6.45) is 27.7. The Morgan fingerprint density at radius 2 is 0.699 bits per heavy atom. The molecule has 2 aliphatic rings. The van der Waals surface area contributed by atoms with Crippen LogP contribution in [-0.2, 0) is 50.5 Å². The molecule has 3 heteroatoms. The van der Waals surface area contributed by atoms with Crippen LogP contribution < -0.4 is 4.90 Å². The van der Waals surface area contributed by atoms with Crippen LogP contribution in [0.5, 0.6) is 0 Å². The quantitative estimate of drug-likeness (QED) is 0.0422. The number of anilines is 2. The van der Waals surface area contributed by atoms with Crippen molar-refractivity contribution in [2.24, 2.45) is 0 Å². The van der Waals surface area contributed by atoms with Gasteiger partial charge in [0.15, 0.2) is 0 Å². The molecule has 1 atom stereocenters. The minimum Gasteiger partial charge on any atom is -0.337 e. The molecule has 0 fully saturated rings. The van der Waals surface area contributed by atoms with Crippen LogP contribution in [0, 0.1) is 22.7 Å². The van der Waals surface area contributed by atoms with Crippen LogP contribution in [0.3, 0.4) is 0 Å². The third-order valence-electron chi connectivity index (χ3n) is 18.5. The molecular formula is C80H89N3. The minimum absolute atomic E-state index is 0.345. The maximum Gasteiger partial charge on any atom is 0.0991 e. The van der Waals surface area contributed by atoms with Gasteiger partial charge in [-0.25, -0.2) is 0 Å². The normalized spacial score (nSPS) is 12.8. The van der Waals surface area contributed by atoms with Gasteiger partial charge in [-0.1, -0.05) is 226 Å². The van der Waals surface area contributed by atoms with Gasteiger partial charge in [0.1, 0.15) is 0 Å². The summed E-state index contributed by atoms with van der Waals surface area (Å²) in [6.45, 7) is 9.81. The zero-order chi connectivity index (χ0) is 57.4. The standard InChI is InChI=1S/C80H89N3/c1-5-9-13-17-21-59-25-27-63(28-26-59)51-69(68-40-29-60(30-41-68)22-18-14-10-6-2)42-31-64-36-47-72-75-50-39-67(55-79(75)80(76(72)52-64)77-53-65(56-81)37-48-73(77)74-49-38-66(57-82)54-78(74)80)58-83(70-43-32-61(33-44-70)23-19-15-11-7-3)71-45-34-62(35-46-71)24-20-16-12-8-4/h25-30,32-41,43-50,52-55,69H,5-24,31,42,51,58H2,1-4H3. The van der Waals surface area contributed by atoms with Crippen molar-refractivity contribution in [2.75, 3.05) is 4.90 Å². The summed E-state index contributed by atoms with van der Waals surface area (Å²) in [5.41, 5.74) is 23.3. The van der Waals surface area contributed by atoms with Gasteiger partial charge in [0.2, 0.25) is 0 Å². The smallest absolute Gasteiger partial charge is 0.0991 e. The lowest BCUT2D eigenvalue weighted by Crippen LogP contribution is -2.27. The Labute approximate surface area is 499 Å². The monoisotopic (exact) mass is 1090 g/mol. The summed E-state index contributed by atoms with van der Waals surface area (Å²) in [5.74, 6) is 0.345. The summed E-state index contributed by atoms with van der Waals surface area (Å²) in [7, 11) is 0. The van der Waals surface area contributed by atoms with Gasteiger partial charge in [0, 0.05) is 17.9 Å². The average molecular weight is 1090 g/mol. The second-order valence-electron chi connectivity index (χ2n) is 24.4. The fourth-order valence-electron chi connectivity index (χ4n) is 13.7. The zero-order valence-electron chi connectivity index (χ0n) is 50.6. The molecule has 0 saturated heterocycles. The molecule has 1 unspecified atom stereocenters. The molecule has 0 aliphatic heterocycles. The lowest BCUT2D eigenvalue weighted by Gasteiger charge is -2.32. The van der Waals surface area contributed by atoms with Crippen molar-refractivity contribution < 1.29 is 0 Å². The lowest BCUT2D eigenvalue weighted by molar-refractivity contribution is 0.619. The van der Waals surface area contributed by atoms with E-state index in [9.17, 15) is 10.5 Å². The molecule has 0 aromatic heterocycles. The van der Waals surface area contributed by atoms with E-state index in [0.29, 0.717) is 23.6 Å². The van der Waals surface area contributed by atoms with Gasteiger partial charge in [-0.05, 0) is 214 Å². The summed E-state index contributed by atoms with van der Waals surface area (Å²) in [4.78, 5) is 2.50. The molecule has 0 amide bonds. The first-order valence-electron chi connectivity index (χ1n) is 32.4. The first-order chi connectivity index (χ1) is 40.9. The van der Waals surface area contributed by atoms with Crippen molar-refractivity contribution in [3.05, 3.63) is 248 Å². The van der Waals surface area contributed by atoms with E-state index in [-0.39, 0.29) is 0 Å². The van der Waals surface area contributed by atoms with Crippen LogP contribution in [-0.4, -0.2) is 0 Å². The van der Waals surface area contributed by atoms with Gasteiger partial charge in [-0.2, -0.15) is 10.5 Å². The van der Waals surface area contributed by atoms with Crippen LogP contribution in [0.2, 0.25) is 0 Å². The average Bonchev–Trinajstić information content (AvgIpc) is 1.76. The van der Waals surface area contributed by atoms with E-state index < -0.39 is 5.41 Å². The number of hydrogen-bond donors (Lipinski definition) is 0. The predicted octanol–water partition coefficient (Wildman–Crippen LogP) is 21.6. The van der Waals surface area contributed by atoms with Crippen molar-refractivity contribution in [3.63, 3.8) is 0 Å². The van der Waals surface area contributed by atoms with Gasteiger partial charge in [-0.15, -0.1) is 0 Å². The highest BCUT2D eigenvalue weighted by atomic mass is 15.1. The summed E-state index contributed by atoms with van der Waals surface area (Å²) < 4.78 is 0. The molecule has 1 spiro atoms. The second kappa shape index (κ2) is 28.7. The molecule has 0 saturated carbocycles. The highest BCUT2D eigenvalue weighted by Gasteiger charge is 2.52. The molecule has 2 aliphatic carbocycles. The highest BCUT2D eigenvalue weighted by molar-refractivity contribution is 5.95. The van der Waals surface area contributed by atoms with E-state index in [2.05, 4.69) is 202 Å². The molecule has 10 rings (SSSR count). The van der Waals surface area contributed by atoms with Gasteiger partial charge in [0.25, 0.3) is 0 Å². The summed E-state index contributed by atoms with van der Waals surface area (Å²) in [6, 6.07) is 70.0. The summed E-state index contributed by atoms with van der Waals surface area (Å²) in [5, 5.41) is 21.2. The molecular weight excluding hydrogens is 1000 g/mol. The Morgan fingerprint density at radius 3 is 1.12 bits per heavy atom. The number of unbranched alkanes of at least 4 members (excludes halogenated alkanes) is 12. The van der Waals surface area contributed by atoms with Crippen LogP contribution in [0.1, 0.15) is 221 Å². The lowest BCUT2D eigenvalue weighted by atomic mass is 9.69. The number of nitrogens with zero attached hydrogens (tertiary/aromatic N) is 3. The fraction of sp³-hybridized carbons (Fsp3) is 0.375. The first-order valence-corrected chi connectivity index (χ1v) is 32.4. The molecule has 8 aromatic rings. The van der Waals surface area contributed by atoms with Crippen LogP contribution in [0.4, 0.5) is 11.4 Å². The topological polar surface area (TPSA) is 50.8 Å². The van der Waals surface area contributed by atoms with Gasteiger partial charge < -0.3 is 4.90 Å². The third kappa shape index (κ3) is 13.6. The SMILES string of the molecule is CCCCCCc1ccc(CC(CCc2ccc3c(c2)C2(c4cc(C#N)ccc4-c4ccc(C#N)cc42)c2cc(CN(c4ccc(CCCCCC)cc4)c4ccc(CCCCCC)cc4)ccc2-3)c2ccc(CCCCCC)cc2)cc1. The van der Waals surface area contributed by atoms with E-state index in [1.54, 1.807) is 0 Å². The molecule has 0 bridgehead atoms. The predicted molar refractivity (Wildman–Crippen MR) is 350 cm³/mol. The molecule has 0 heterocycles. The number of fused-ring (bicyclic) bond motifs is 10. The van der Waals surface area contributed by atoms with Crippen molar-refractivity contribution in [3.8, 4) is 34.4 Å². The Bertz CT molecular complexity index is 3360. The minimum atomic E-state index is -0.741. The second-order valence-corrected chi connectivity index (χ2v) is 24.4.